The molecule has 0 unspecified atom stereocenters. The van der Waals surface area contributed by atoms with Crippen LogP contribution in [-0.4, -0.2) is 28.0 Å². The molecule has 0 aliphatic heterocycles. The summed E-state index contributed by atoms with van der Waals surface area (Å²) in [5, 5.41) is 2.96. The van der Waals surface area contributed by atoms with E-state index in [1.54, 1.807) is 49.6 Å². The lowest BCUT2D eigenvalue weighted by molar-refractivity contribution is -0.120. The molecule has 1 amide bonds. The summed E-state index contributed by atoms with van der Waals surface area (Å²) in [7, 11) is -2.34. The third-order valence-electron chi connectivity index (χ3n) is 4.99. The van der Waals surface area contributed by atoms with Crippen LogP contribution in [-0.2, 0) is 14.8 Å². The lowest BCUT2D eigenvalue weighted by Gasteiger charge is -2.26. The van der Waals surface area contributed by atoms with E-state index in [9.17, 15) is 13.2 Å². The van der Waals surface area contributed by atoms with Gasteiger partial charge in [0.25, 0.3) is 10.0 Å². The number of amides is 1. The molecule has 32 heavy (non-hydrogen) atoms. The van der Waals surface area contributed by atoms with Gasteiger partial charge in [0.2, 0.25) is 5.91 Å². The van der Waals surface area contributed by atoms with Crippen LogP contribution in [0.2, 0.25) is 0 Å². The lowest BCUT2D eigenvalue weighted by atomic mass is 10.0. The number of benzene rings is 3. The first-order chi connectivity index (χ1) is 15.3. The molecule has 0 saturated heterocycles. The predicted molar refractivity (Wildman–Crippen MR) is 129 cm³/mol. The Morgan fingerprint density at radius 1 is 1.00 bits per heavy atom. The summed E-state index contributed by atoms with van der Waals surface area (Å²) < 4.78 is 33.9. The highest BCUT2D eigenvalue weighted by Gasteiger charge is 2.27. The highest BCUT2D eigenvalue weighted by molar-refractivity contribution is 9.10. The molecule has 0 aliphatic rings. The van der Waals surface area contributed by atoms with Gasteiger partial charge < -0.3 is 10.1 Å². The van der Waals surface area contributed by atoms with E-state index < -0.39 is 15.9 Å². The van der Waals surface area contributed by atoms with E-state index in [1.807, 2.05) is 31.2 Å². The Morgan fingerprint density at radius 3 is 2.19 bits per heavy atom. The first-order valence-electron chi connectivity index (χ1n) is 10.1. The summed E-state index contributed by atoms with van der Waals surface area (Å²) >= 11 is 3.36. The zero-order valence-electron chi connectivity index (χ0n) is 17.9. The van der Waals surface area contributed by atoms with Gasteiger partial charge in [-0.2, -0.15) is 0 Å². The second kappa shape index (κ2) is 10.7. The monoisotopic (exact) mass is 516 g/mol. The number of rotatable bonds is 9. The van der Waals surface area contributed by atoms with Crippen molar-refractivity contribution >= 4 is 37.5 Å². The standard InChI is InChI=1S/C24H25BrN2O4S/c1-3-23(18-9-15-21(31-2)16-10-18)26-24(28)17-27(20-13-11-19(25)12-14-20)32(29,30)22-7-5-4-6-8-22/h4-16,23H,3,17H2,1-2H3,(H,26,28)/t23-/m0/s1. The molecular formula is C24H25BrN2O4S. The normalized spacial score (nSPS) is 12.1. The van der Waals surface area contributed by atoms with Crippen LogP contribution in [0.5, 0.6) is 5.75 Å². The molecule has 0 bridgehead atoms. The van der Waals surface area contributed by atoms with Crippen LogP contribution < -0.4 is 14.4 Å². The van der Waals surface area contributed by atoms with Crippen LogP contribution in [0, 0.1) is 0 Å². The topological polar surface area (TPSA) is 75.7 Å². The molecule has 0 fully saturated rings. The summed E-state index contributed by atoms with van der Waals surface area (Å²) in [4.78, 5) is 13.1. The zero-order valence-corrected chi connectivity index (χ0v) is 20.3. The highest BCUT2D eigenvalue weighted by atomic mass is 79.9. The maximum absolute atomic E-state index is 13.4. The number of nitrogens with one attached hydrogen (secondary N) is 1. The van der Waals surface area contributed by atoms with E-state index >= 15 is 0 Å². The van der Waals surface area contributed by atoms with Crippen LogP contribution in [0.1, 0.15) is 24.9 Å². The molecular weight excluding hydrogens is 492 g/mol. The average molecular weight is 517 g/mol. The van der Waals surface area contributed by atoms with Gasteiger partial charge >= 0.3 is 0 Å². The number of sulfonamides is 1. The average Bonchev–Trinajstić information content (AvgIpc) is 2.82. The van der Waals surface area contributed by atoms with Gasteiger partial charge in [0.05, 0.1) is 23.7 Å². The van der Waals surface area contributed by atoms with Crippen molar-refractivity contribution in [1.82, 2.24) is 5.32 Å². The van der Waals surface area contributed by atoms with Gasteiger partial charge in [-0.25, -0.2) is 8.42 Å². The molecule has 6 nitrogen and oxygen atoms in total. The molecule has 3 aromatic carbocycles. The zero-order chi connectivity index (χ0) is 23.1. The van der Waals surface area contributed by atoms with Gasteiger partial charge in [0, 0.05) is 4.47 Å². The van der Waals surface area contributed by atoms with Crippen molar-refractivity contribution < 1.29 is 17.9 Å². The summed E-state index contributed by atoms with van der Waals surface area (Å²) in [5.74, 6) is 0.334. The van der Waals surface area contributed by atoms with Crippen molar-refractivity contribution in [2.24, 2.45) is 0 Å². The van der Waals surface area contributed by atoms with E-state index in [-0.39, 0.29) is 17.5 Å². The number of halogens is 1. The molecule has 0 aromatic heterocycles. The Bertz CT molecular complexity index is 1130. The molecule has 0 heterocycles. The van der Waals surface area contributed by atoms with Crippen molar-refractivity contribution in [1.29, 1.82) is 0 Å². The number of nitrogens with zero attached hydrogens (tertiary/aromatic N) is 1. The Labute approximate surface area is 197 Å². The molecule has 0 spiro atoms. The molecule has 3 rings (SSSR count). The number of hydrogen-bond acceptors (Lipinski definition) is 4. The minimum Gasteiger partial charge on any atom is -0.497 e. The highest BCUT2D eigenvalue weighted by Crippen LogP contribution is 2.26. The first-order valence-corrected chi connectivity index (χ1v) is 12.3. The maximum atomic E-state index is 13.4. The molecule has 0 aliphatic carbocycles. The Morgan fingerprint density at radius 2 is 1.62 bits per heavy atom. The second-order valence-electron chi connectivity index (χ2n) is 7.10. The van der Waals surface area contributed by atoms with Crippen molar-refractivity contribution in [3.8, 4) is 5.75 Å². The predicted octanol–water partition coefficient (Wildman–Crippen LogP) is 4.92. The molecule has 0 saturated carbocycles. The minimum atomic E-state index is -3.94. The number of hydrogen-bond donors (Lipinski definition) is 1. The Hall–Kier alpha value is -2.84. The lowest BCUT2D eigenvalue weighted by Crippen LogP contribution is -2.42. The summed E-state index contributed by atoms with van der Waals surface area (Å²) in [6, 6.07) is 22.1. The van der Waals surface area contributed by atoms with Gasteiger partial charge in [-0.05, 0) is 60.5 Å². The maximum Gasteiger partial charge on any atom is 0.264 e. The fraction of sp³-hybridized carbons (Fsp3) is 0.208. The third-order valence-corrected chi connectivity index (χ3v) is 7.31. The van der Waals surface area contributed by atoms with Crippen molar-refractivity contribution in [3.63, 3.8) is 0 Å². The van der Waals surface area contributed by atoms with E-state index in [0.717, 1.165) is 20.1 Å². The van der Waals surface area contributed by atoms with Gasteiger partial charge in [-0.15, -0.1) is 0 Å². The smallest absolute Gasteiger partial charge is 0.264 e. The first kappa shape index (κ1) is 23.8. The van der Waals surface area contributed by atoms with Crippen LogP contribution in [0.25, 0.3) is 0 Å². The number of carbonyl (C=O) groups excluding carboxylic acids is 1. The van der Waals surface area contributed by atoms with Gasteiger partial charge in [0.15, 0.2) is 0 Å². The molecule has 3 aromatic rings. The SMILES string of the molecule is CC[C@H](NC(=O)CN(c1ccc(Br)cc1)S(=O)(=O)c1ccccc1)c1ccc(OC)cc1. The number of carbonyl (C=O) groups is 1. The van der Waals surface area contributed by atoms with Crippen LogP contribution in [0.3, 0.4) is 0 Å². The van der Waals surface area contributed by atoms with Crippen molar-refractivity contribution in [2.75, 3.05) is 18.0 Å². The van der Waals surface area contributed by atoms with E-state index in [2.05, 4.69) is 21.2 Å². The number of ether oxygens (including phenoxy) is 1. The van der Waals surface area contributed by atoms with E-state index in [0.29, 0.717) is 12.1 Å². The number of anilines is 1. The fourth-order valence-corrected chi connectivity index (χ4v) is 4.98. The van der Waals surface area contributed by atoms with Gasteiger partial charge in [0.1, 0.15) is 12.3 Å². The van der Waals surface area contributed by atoms with Gasteiger partial charge in [-0.3, -0.25) is 9.10 Å². The van der Waals surface area contributed by atoms with Crippen LogP contribution in [0.15, 0.2) is 88.2 Å². The molecule has 1 atom stereocenters. The van der Waals surface area contributed by atoms with Gasteiger partial charge in [-0.1, -0.05) is 53.2 Å². The molecule has 1 N–H and O–H groups in total. The quantitative estimate of drug-likeness (QED) is 0.437. The Kier molecular flexibility index (Phi) is 7.93. The van der Waals surface area contributed by atoms with E-state index in [1.165, 1.54) is 12.1 Å². The summed E-state index contributed by atoms with van der Waals surface area (Å²) in [6.45, 7) is 1.62. The van der Waals surface area contributed by atoms with E-state index in [4.69, 9.17) is 4.74 Å². The number of methoxy groups -OCH3 is 1. The molecule has 0 radical (unpaired) electrons. The van der Waals surface area contributed by atoms with Crippen LogP contribution in [0.4, 0.5) is 5.69 Å². The minimum absolute atomic E-state index is 0.123. The molecule has 168 valence electrons. The molecule has 8 heteroatoms. The van der Waals surface area contributed by atoms with Crippen LogP contribution >= 0.6 is 15.9 Å². The summed E-state index contributed by atoms with van der Waals surface area (Å²) in [6.07, 6.45) is 0.655. The second-order valence-corrected chi connectivity index (χ2v) is 9.88. The van der Waals surface area contributed by atoms with Crippen molar-refractivity contribution in [2.45, 2.75) is 24.3 Å². The summed E-state index contributed by atoms with van der Waals surface area (Å²) in [5.41, 5.74) is 1.33. The fourth-order valence-electron chi connectivity index (χ4n) is 3.27. The Balaban J connectivity index is 1.86. The van der Waals surface area contributed by atoms with Crippen molar-refractivity contribution in [3.05, 3.63) is 88.9 Å². The largest absolute Gasteiger partial charge is 0.497 e. The third kappa shape index (κ3) is 5.69.